The molecule has 0 spiro atoms. The molecule has 34 heavy (non-hydrogen) atoms. The Labute approximate surface area is 190 Å². The molecule has 0 bridgehead atoms. The van der Waals surface area contributed by atoms with Crippen molar-refractivity contribution in [3.8, 4) is 0 Å². The van der Waals surface area contributed by atoms with E-state index in [0.717, 1.165) is 38.5 Å². The van der Waals surface area contributed by atoms with Crippen molar-refractivity contribution in [1.29, 1.82) is 0 Å². The SMILES string of the molecule is CCCCCCCCCCCC[Si](OC(=O)C(F)(F)F)(OC(=O)C(F)(F)F)OC(=O)C(F)(F)F. The highest BCUT2D eigenvalue weighted by Crippen LogP contribution is 2.31. The lowest BCUT2D eigenvalue weighted by molar-refractivity contribution is -0.209. The molecule has 0 aromatic heterocycles. The van der Waals surface area contributed by atoms with Gasteiger partial charge in [-0.15, -0.1) is 0 Å². The molecule has 0 aliphatic carbocycles. The summed E-state index contributed by atoms with van der Waals surface area (Å²) in [5.41, 5.74) is 0. The van der Waals surface area contributed by atoms with E-state index in [1.165, 1.54) is 0 Å². The van der Waals surface area contributed by atoms with Crippen LogP contribution in [-0.2, 0) is 27.7 Å². The summed E-state index contributed by atoms with van der Waals surface area (Å²) in [6, 6.07) is -1.25. The summed E-state index contributed by atoms with van der Waals surface area (Å²) in [5, 5.41) is 0. The Morgan fingerprint density at radius 3 is 1.06 bits per heavy atom. The Kier molecular flexibility index (Phi) is 13.0. The van der Waals surface area contributed by atoms with Crippen LogP contribution < -0.4 is 0 Å². The van der Waals surface area contributed by atoms with E-state index in [0.29, 0.717) is 12.8 Å². The van der Waals surface area contributed by atoms with E-state index in [-0.39, 0.29) is 6.42 Å². The van der Waals surface area contributed by atoms with E-state index in [2.05, 4.69) is 13.3 Å². The van der Waals surface area contributed by atoms with Crippen LogP contribution in [0.3, 0.4) is 0 Å². The Morgan fingerprint density at radius 1 is 0.529 bits per heavy atom. The van der Waals surface area contributed by atoms with Gasteiger partial charge in [-0.05, 0) is 6.42 Å². The smallest absolute Gasteiger partial charge is 0.448 e. The summed E-state index contributed by atoms with van der Waals surface area (Å²) in [5.74, 6) is -9.80. The summed E-state index contributed by atoms with van der Waals surface area (Å²) in [6.07, 6.45) is -11.3. The lowest BCUT2D eigenvalue weighted by atomic mass is 10.1. The summed E-state index contributed by atoms with van der Waals surface area (Å²) < 4.78 is 124. The zero-order valence-corrected chi connectivity index (χ0v) is 19.1. The largest absolute Gasteiger partial charge is 0.705 e. The van der Waals surface area contributed by atoms with Crippen molar-refractivity contribution in [3.63, 3.8) is 0 Å². The molecule has 0 rings (SSSR count). The topological polar surface area (TPSA) is 78.9 Å². The third-order valence-corrected chi connectivity index (χ3v) is 6.73. The van der Waals surface area contributed by atoms with Crippen molar-refractivity contribution < 1.29 is 67.2 Å². The highest BCUT2D eigenvalue weighted by Gasteiger charge is 2.62. The molecular formula is C18H25F9O6Si. The van der Waals surface area contributed by atoms with Gasteiger partial charge < -0.3 is 13.3 Å². The Hall–Kier alpha value is -2.00. The van der Waals surface area contributed by atoms with Crippen LogP contribution >= 0.6 is 0 Å². The highest BCUT2D eigenvalue weighted by atomic mass is 28.4. The standard InChI is InChI=1S/C18H25F9O6Si/c1-2-3-4-5-6-7-8-9-10-11-12-34(31-13(28)16(19,20)21,32-14(29)17(22,23)24)33-15(30)18(25,26)27/h2-12H2,1H3. The quantitative estimate of drug-likeness (QED) is 0.150. The van der Waals surface area contributed by atoms with Gasteiger partial charge in [0.1, 0.15) is 0 Å². The van der Waals surface area contributed by atoms with Gasteiger partial charge in [0, 0.05) is 0 Å². The van der Waals surface area contributed by atoms with Gasteiger partial charge in [0.2, 0.25) is 0 Å². The predicted molar refractivity (Wildman–Crippen MR) is 98.8 cm³/mol. The van der Waals surface area contributed by atoms with E-state index in [4.69, 9.17) is 0 Å². The van der Waals surface area contributed by atoms with Crippen LogP contribution in [0.4, 0.5) is 39.5 Å². The minimum absolute atomic E-state index is 0.0560. The summed E-state index contributed by atoms with van der Waals surface area (Å²) >= 11 is 0. The second-order valence-corrected chi connectivity index (χ2v) is 9.76. The number of alkyl halides is 9. The fourth-order valence-electron chi connectivity index (χ4n) is 2.64. The van der Waals surface area contributed by atoms with Crippen molar-refractivity contribution in [2.45, 2.75) is 95.7 Å². The molecule has 0 aliphatic rings. The second kappa shape index (κ2) is 13.8. The number of carbonyl (C=O) groups is 3. The van der Waals surface area contributed by atoms with Crippen molar-refractivity contribution in [1.82, 2.24) is 0 Å². The molecule has 0 amide bonds. The molecule has 16 heteroatoms. The van der Waals surface area contributed by atoms with Crippen molar-refractivity contribution in [3.05, 3.63) is 0 Å². The zero-order chi connectivity index (χ0) is 26.6. The molecule has 0 unspecified atom stereocenters. The Balaban J connectivity index is 5.41. The number of rotatable bonds is 14. The summed E-state index contributed by atoms with van der Waals surface area (Å²) in [7, 11) is -6.11. The maximum Gasteiger partial charge on any atom is 0.705 e. The fraction of sp³-hybridized carbons (Fsp3) is 0.833. The van der Waals surface area contributed by atoms with Gasteiger partial charge in [-0.1, -0.05) is 64.7 Å². The molecular weight excluding hydrogens is 511 g/mol. The molecule has 0 N–H and O–H groups in total. The van der Waals surface area contributed by atoms with Crippen LogP contribution in [0.15, 0.2) is 0 Å². The monoisotopic (exact) mass is 536 g/mol. The first kappa shape index (κ1) is 32.0. The number of unbranched alkanes of at least 4 members (excludes halogenated alkanes) is 9. The molecule has 0 heterocycles. The molecule has 6 nitrogen and oxygen atoms in total. The number of halogens is 9. The third kappa shape index (κ3) is 13.0. The van der Waals surface area contributed by atoms with Gasteiger partial charge >= 0.3 is 45.2 Å². The van der Waals surface area contributed by atoms with Gasteiger partial charge in [-0.25, -0.2) is 14.4 Å². The second-order valence-electron chi connectivity index (χ2n) is 7.28. The van der Waals surface area contributed by atoms with Crippen molar-refractivity contribution >= 4 is 26.7 Å². The average Bonchev–Trinajstić information content (AvgIpc) is 2.67. The first-order valence-corrected chi connectivity index (χ1v) is 12.3. The van der Waals surface area contributed by atoms with E-state index >= 15 is 0 Å². The van der Waals surface area contributed by atoms with Crippen LogP contribution in [0.25, 0.3) is 0 Å². The average molecular weight is 536 g/mol. The van der Waals surface area contributed by atoms with E-state index in [1.54, 1.807) is 0 Å². The van der Waals surface area contributed by atoms with Crippen LogP contribution in [-0.4, -0.2) is 45.2 Å². The van der Waals surface area contributed by atoms with Gasteiger partial charge in [0.25, 0.3) is 0 Å². The number of hydrogen-bond acceptors (Lipinski definition) is 6. The maximum absolute atomic E-state index is 12.6. The molecule has 0 radical (unpaired) electrons. The normalized spacial score (nSPS) is 12.9. The van der Waals surface area contributed by atoms with Crippen LogP contribution in [0, 0.1) is 0 Å². The molecule has 0 atom stereocenters. The summed E-state index contributed by atoms with van der Waals surface area (Å²) in [6.45, 7) is 2.04. The van der Waals surface area contributed by atoms with Crippen molar-refractivity contribution in [2.24, 2.45) is 0 Å². The fourth-order valence-corrected chi connectivity index (χ4v) is 4.95. The molecule has 0 saturated heterocycles. The van der Waals surface area contributed by atoms with Gasteiger partial charge in [-0.3, -0.25) is 0 Å². The first-order chi connectivity index (χ1) is 15.4. The van der Waals surface area contributed by atoms with Gasteiger partial charge in [0.05, 0.1) is 6.04 Å². The van der Waals surface area contributed by atoms with Crippen molar-refractivity contribution in [2.75, 3.05) is 0 Å². The number of hydrogen-bond donors (Lipinski definition) is 0. The minimum atomic E-state index is -6.11. The lowest BCUT2D eigenvalue weighted by Crippen LogP contribution is -2.55. The van der Waals surface area contributed by atoms with Crippen LogP contribution in [0.1, 0.15) is 71.1 Å². The lowest BCUT2D eigenvalue weighted by Gasteiger charge is -2.28. The Morgan fingerprint density at radius 2 is 0.794 bits per heavy atom. The predicted octanol–water partition coefficient (Wildman–Crippen LogP) is 6.16. The highest BCUT2D eigenvalue weighted by molar-refractivity contribution is 6.65. The van der Waals surface area contributed by atoms with E-state index in [1.807, 2.05) is 6.92 Å². The van der Waals surface area contributed by atoms with Crippen LogP contribution in [0.5, 0.6) is 0 Å². The van der Waals surface area contributed by atoms with E-state index in [9.17, 15) is 53.9 Å². The molecule has 0 saturated carbocycles. The third-order valence-electron chi connectivity index (χ3n) is 4.28. The van der Waals surface area contributed by atoms with E-state index < -0.39 is 57.7 Å². The molecule has 0 aromatic carbocycles. The molecule has 200 valence electrons. The molecule has 0 fully saturated rings. The zero-order valence-electron chi connectivity index (χ0n) is 18.1. The maximum atomic E-state index is 12.6. The van der Waals surface area contributed by atoms with Gasteiger partial charge in [-0.2, -0.15) is 39.5 Å². The molecule has 0 aliphatic heterocycles. The van der Waals surface area contributed by atoms with Gasteiger partial charge in [0.15, 0.2) is 0 Å². The van der Waals surface area contributed by atoms with Crippen LogP contribution in [0.2, 0.25) is 6.04 Å². The minimum Gasteiger partial charge on any atom is -0.448 e. The molecule has 0 aromatic rings. The number of carbonyl (C=O) groups excluding carboxylic acids is 3. The first-order valence-electron chi connectivity index (χ1n) is 10.3. The summed E-state index contributed by atoms with van der Waals surface area (Å²) in [4.78, 5) is 33.5. The Bertz CT molecular complexity index is 592.